The Kier molecular flexibility index (Phi) is 4.90. The number of rotatable bonds is 7. The highest BCUT2D eigenvalue weighted by Crippen LogP contribution is 2.25. The lowest BCUT2D eigenvalue weighted by Crippen LogP contribution is -2.35. The second-order valence-electron chi connectivity index (χ2n) is 3.61. The quantitative estimate of drug-likeness (QED) is 0.472. The van der Waals surface area contributed by atoms with E-state index in [0.29, 0.717) is 6.54 Å². The SMILES string of the molecule is CCN(CCNCC(=O)OC)C1CC1. The van der Waals surface area contributed by atoms with Crippen molar-refractivity contribution in [3.8, 4) is 0 Å². The molecule has 1 N–H and O–H groups in total. The van der Waals surface area contributed by atoms with Crippen molar-refractivity contribution in [2.45, 2.75) is 25.8 Å². The fourth-order valence-corrected chi connectivity index (χ4v) is 1.52. The van der Waals surface area contributed by atoms with Crippen LogP contribution in [-0.4, -0.2) is 50.2 Å². The van der Waals surface area contributed by atoms with Gasteiger partial charge in [-0.15, -0.1) is 0 Å². The standard InChI is InChI=1S/C10H20N2O2/c1-3-12(9-4-5-9)7-6-11-8-10(13)14-2/h9,11H,3-8H2,1-2H3. The summed E-state index contributed by atoms with van der Waals surface area (Å²) in [6, 6.07) is 0.805. The van der Waals surface area contributed by atoms with Crippen LogP contribution in [-0.2, 0) is 9.53 Å². The van der Waals surface area contributed by atoms with Crippen LogP contribution in [0.4, 0.5) is 0 Å². The number of nitrogens with one attached hydrogen (secondary N) is 1. The van der Waals surface area contributed by atoms with Gasteiger partial charge in [-0.05, 0) is 19.4 Å². The molecule has 1 rings (SSSR count). The Balaban J connectivity index is 1.99. The molecule has 82 valence electrons. The van der Waals surface area contributed by atoms with Crippen LogP contribution in [0, 0.1) is 0 Å². The Hall–Kier alpha value is -0.610. The van der Waals surface area contributed by atoms with Crippen molar-refractivity contribution in [2.24, 2.45) is 0 Å². The summed E-state index contributed by atoms with van der Waals surface area (Å²) in [6.45, 7) is 5.49. The van der Waals surface area contributed by atoms with E-state index in [1.165, 1.54) is 20.0 Å². The van der Waals surface area contributed by atoms with Gasteiger partial charge in [0.25, 0.3) is 0 Å². The summed E-state index contributed by atoms with van der Waals surface area (Å²) in [5.41, 5.74) is 0. The zero-order valence-corrected chi connectivity index (χ0v) is 9.08. The van der Waals surface area contributed by atoms with Gasteiger partial charge in [-0.3, -0.25) is 9.69 Å². The van der Waals surface area contributed by atoms with E-state index < -0.39 is 0 Å². The van der Waals surface area contributed by atoms with Gasteiger partial charge in [-0.25, -0.2) is 0 Å². The Bertz CT molecular complexity index is 181. The molecule has 1 aliphatic rings. The summed E-state index contributed by atoms with van der Waals surface area (Å²) in [4.78, 5) is 13.2. The van der Waals surface area contributed by atoms with E-state index in [2.05, 4.69) is 21.9 Å². The van der Waals surface area contributed by atoms with Crippen LogP contribution in [0.3, 0.4) is 0 Å². The predicted octanol–water partition coefficient (Wildman–Crippen LogP) is 0.233. The van der Waals surface area contributed by atoms with Gasteiger partial charge in [0.15, 0.2) is 0 Å². The molecule has 0 aromatic heterocycles. The average Bonchev–Trinajstić information content (AvgIpc) is 3.01. The van der Waals surface area contributed by atoms with Crippen LogP contribution in [0.2, 0.25) is 0 Å². The fraction of sp³-hybridized carbons (Fsp3) is 0.900. The number of nitrogens with zero attached hydrogens (tertiary/aromatic N) is 1. The van der Waals surface area contributed by atoms with Gasteiger partial charge in [0, 0.05) is 19.1 Å². The summed E-state index contributed by atoms with van der Waals surface area (Å²) in [5.74, 6) is -0.195. The van der Waals surface area contributed by atoms with Gasteiger partial charge in [-0.2, -0.15) is 0 Å². The van der Waals surface area contributed by atoms with E-state index in [9.17, 15) is 4.79 Å². The lowest BCUT2D eigenvalue weighted by atomic mass is 10.4. The minimum atomic E-state index is -0.195. The zero-order valence-electron chi connectivity index (χ0n) is 9.08. The first-order valence-corrected chi connectivity index (χ1v) is 5.29. The molecule has 1 fully saturated rings. The van der Waals surface area contributed by atoms with E-state index in [1.54, 1.807) is 0 Å². The summed E-state index contributed by atoms with van der Waals surface area (Å²) in [7, 11) is 1.41. The molecule has 0 heterocycles. The van der Waals surface area contributed by atoms with Gasteiger partial charge < -0.3 is 10.1 Å². The van der Waals surface area contributed by atoms with Crippen molar-refractivity contribution < 1.29 is 9.53 Å². The molecule has 0 spiro atoms. The molecule has 4 nitrogen and oxygen atoms in total. The smallest absolute Gasteiger partial charge is 0.319 e. The highest BCUT2D eigenvalue weighted by molar-refractivity contribution is 5.71. The molecule has 14 heavy (non-hydrogen) atoms. The van der Waals surface area contributed by atoms with Gasteiger partial charge in [0.1, 0.15) is 0 Å². The number of likely N-dealkylation sites (N-methyl/N-ethyl adjacent to an activating group) is 1. The molecule has 0 aliphatic heterocycles. The number of methoxy groups -OCH3 is 1. The Morgan fingerprint density at radius 2 is 2.29 bits per heavy atom. The highest BCUT2D eigenvalue weighted by atomic mass is 16.5. The first-order valence-electron chi connectivity index (χ1n) is 5.29. The molecular formula is C10H20N2O2. The number of esters is 1. The first kappa shape index (κ1) is 11.5. The third-order valence-electron chi connectivity index (χ3n) is 2.54. The number of carbonyl (C=O) groups is 1. The summed E-state index contributed by atoms with van der Waals surface area (Å²) in [5, 5.41) is 3.07. The highest BCUT2D eigenvalue weighted by Gasteiger charge is 2.26. The predicted molar refractivity (Wildman–Crippen MR) is 55.2 cm³/mol. The largest absolute Gasteiger partial charge is 0.468 e. The van der Waals surface area contributed by atoms with Crippen LogP contribution in [0.15, 0.2) is 0 Å². The van der Waals surface area contributed by atoms with Gasteiger partial charge in [0.2, 0.25) is 0 Å². The van der Waals surface area contributed by atoms with Gasteiger partial charge >= 0.3 is 5.97 Å². The van der Waals surface area contributed by atoms with Crippen molar-refractivity contribution in [3.63, 3.8) is 0 Å². The summed E-state index contributed by atoms with van der Waals surface area (Å²) < 4.78 is 4.53. The summed E-state index contributed by atoms with van der Waals surface area (Å²) >= 11 is 0. The van der Waals surface area contributed by atoms with Gasteiger partial charge in [-0.1, -0.05) is 6.92 Å². The van der Waals surface area contributed by atoms with Crippen molar-refractivity contribution in [1.29, 1.82) is 0 Å². The van der Waals surface area contributed by atoms with E-state index >= 15 is 0 Å². The Labute approximate surface area is 85.6 Å². The van der Waals surface area contributed by atoms with Crippen molar-refractivity contribution in [1.82, 2.24) is 10.2 Å². The van der Waals surface area contributed by atoms with Crippen LogP contribution in [0.25, 0.3) is 0 Å². The number of carbonyl (C=O) groups excluding carboxylic acids is 1. The van der Waals surface area contributed by atoms with Crippen LogP contribution in [0.1, 0.15) is 19.8 Å². The second kappa shape index (κ2) is 5.98. The molecule has 0 unspecified atom stereocenters. The molecule has 0 saturated heterocycles. The Morgan fingerprint density at radius 3 is 2.79 bits per heavy atom. The van der Waals surface area contributed by atoms with E-state index in [0.717, 1.165) is 25.7 Å². The molecule has 0 amide bonds. The fourth-order valence-electron chi connectivity index (χ4n) is 1.52. The molecule has 0 bridgehead atoms. The Morgan fingerprint density at radius 1 is 1.57 bits per heavy atom. The molecule has 1 aliphatic carbocycles. The van der Waals surface area contributed by atoms with Crippen LogP contribution < -0.4 is 5.32 Å². The third kappa shape index (κ3) is 4.07. The van der Waals surface area contributed by atoms with Crippen molar-refractivity contribution in [3.05, 3.63) is 0 Å². The van der Waals surface area contributed by atoms with E-state index in [4.69, 9.17) is 0 Å². The van der Waals surface area contributed by atoms with Crippen LogP contribution in [0.5, 0.6) is 0 Å². The maximum atomic E-state index is 10.8. The monoisotopic (exact) mass is 200 g/mol. The number of hydrogen-bond acceptors (Lipinski definition) is 4. The minimum Gasteiger partial charge on any atom is -0.468 e. The number of hydrogen-bond donors (Lipinski definition) is 1. The minimum absolute atomic E-state index is 0.195. The normalized spacial score (nSPS) is 15.9. The molecule has 0 radical (unpaired) electrons. The first-order chi connectivity index (χ1) is 6.77. The molecular weight excluding hydrogens is 180 g/mol. The maximum absolute atomic E-state index is 10.8. The summed E-state index contributed by atoms with van der Waals surface area (Å²) in [6.07, 6.45) is 2.68. The average molecular weight is 200 g/mol. The number of ether oxygens (including phenoxy) is 1. The lowest BCUT2D eigenvalue weighted by Gasteiger charge is -2.19. The molecule has 1 saturated carbocycles. The molecule has 0 aromatic rings. The van der Waals surface area contributed by atoms with E-state index in [-0.39, 0.29) is 5.97 Å². The second-order valence-corrected chi connectivity index (χ2v) is 3.61. The van der Waals surface area contributed by atoms with Crippen LogP contribution >= 0.6 is 0 Å². The van der Waals surface area contributed by atoms with E-state index in [1.807, 2.05) is 0 Å². The molecule has 0 atom stereocenters. The molecule has 4 heteroatoms. The van der Waals surface area contributed by atoms with Crippen molar-refractivity contribution in [2.75, 3.05) is 33.3 Å². The zero-order chi connectivity index (χ0) is 10.4. The lowest BCUT2D eigenvalue weighted by molar-refractivity contribution is -0.139. The molecule has 0 aromatic carbocycles. The topological polar surface area (TPSA) is 41.6 Å². The maximum Gasteiger partial charge on any atom is 0.319 e. The third-order valence-corrected chi connectivity index (χ3v) is 2.54. The van der Waals surface area contributed by atoms with Crippen molar-refractivity contribution >= 4 is 5.97 Å². The van der Waals surface area contributed by atoms with Gasteiger partial charge in [0.05, 0.1) is 13.7 Å².